The molecule has 1 atom stereocenters. The van der Waals surface area contributed by atoms with Crippen LogP contribution >= 0.6 is 0 Å². The number of unbranched alkanes of at least 4 members (excludes halogenated alkanes) is 1. The smallest absolute Gasteiger partial charge is 0.168 e. The SMILES string of the molecule is CCOCC1N=C2C(=CC(C)=CN2N)N1CCCCN. The molecule has 6 nitrogen and oxygen atoms in total. The van der Waals surface area contributed by atoms with Crippen LogP contribution in [0.25, 0.3) is 0 Å². The van der Waals surface area contributed by atoms with E-state index in [0.29, 0.717) is 13.2 Å². The quantitative estimate of drug-likeness (QED) is 0.532. The van der Waals surface area contributed by atoms with Crippen molar-refractivity contribution in [1.29, 1.82) is 0 Å². The van der Waals surface area contributed by atoms with E-state index in [9.17, 15) is 0 Å². The second-order valence-electron chi connectivity index (χ2n) is 5.09. The first-order valence-electron chi connectivity index (χ1n) is 7.24. The molecule has 0 spiro atoms. The van der Waals surface area contributed by atoms with Crippen molar-refractivity contribution >= 4 is 5.84 Å². The summed E-state index contributed by atoms with van der Waals surface area (Å²) in [7, 11) is 0. The third-order valence-corrected chi connectivity index (χ3v) is 3.45. The van der Waals surface area contributed by atoms with E-state index in [2.05, 4.69) is 11.0 Å². The zero-order valence-corrected chi connectivity index (χ0v) is 12.4. The second kappa shape index (κ2) is 6.88. The van der Waals surface area contributed by atoms with E-state index in [1.807, 2.05) is 20.0 Å². The van der Waals surface area contributed by atoms with Crippen molar-refractivity contribution in [2.45, 2.75) is 32.9 Å². The molecule has 2 aliphatic heterocycles. The van der Waals surface area contributed by atoms with E-state index >= 15 is 0 Å². The van der Waals surface area contributed by atoms with E-state index in [0.717, 1.165) is 43.0 Å². The van der Waals surface area contributed by atoms with Gasteiger partial charge in [-0.15, -0.1) is 0 Å². The van der Waals surface area contributed by atoms with Crippen LogP contribution in [0.15, 0.2) is 28.5 Å². The van der Waals surface area contributed by atoms with Gasteiger partial charge in [-0.1, -0.05) is 0 Å². The maximum Gasteiger partial charge on any atom is 0.168 e. The molecular weight excluding hydrogens is 254 g/mol. The zero-order chi connectivity index (χ0) is 14.5. The summed E-state index contributed by atoms with van der Waals surface area (Å²) in [5.41, 5.74) is 7.80. The lowest BCUT2D eigenvalue weighted by molar-refractivity contribution is 0.0913. The number of hydrogen-bond donors (Lipinski definition) is 2. The van der Waals surface area contributed by atoms with Crippen molar-refractivity contribution in [2.75, 3.05) is 26.3 Å². The monoisotopic (exact) mass is 279 g/mol. The Balaban J connectivity index is 2.14. The Labute approximate surface area is 120 Å². The van der Waals surface area contributed by atoms with Gasteiger partial charge < -0.3 is 15.4 Å². The van der Waals surface area contributed by atoms with Crippen LogP contribution in [0.3, 0.4) is 0 Å². The third kappa shape index (κ3) is 3.20. The number of hydrazine groups is 1. The van der Waals surface area contributed by atoms with Crippen LogP contribution in [0.1, 0.15) is 26.7 Å². The molecule has 1 unspecified atom stereocenters. The molecule has 0 aromatic rings. The van der Waals surface area contributed by atoms with Gasteiger partial charge in [-0.05, 0) is 44.9 Å². The van der Waals surface area contributed by atoms with Gasteiger partial charge in [0.25, 0.3) is 0 Å². The predicted octanol–water partition coefficient (Wildman–Crippen LogP) is 0.779. The van der Waals surface area contributed by atoms with Gasteiger partial charge in [0.2, 0.25) is 0 Å². The normalized spacial score (nSPS) is 21.6. The number of amidine groups is 1. The fourth-order valence-corrected chi connectivity index (χ4v) is 2.49. The number of fused-ring (bicyclic) bond motifs is 1. The molecular formula is C14H25N5O. The summed E-state index contributed by atoms with van der Waals surface area (Å²) in [5.74, 6) is 6.84. The van der Waals surface area contributed by atoms with Crippen LogP contribution < -0.4 is 11.6 Å². The molecule has 112 valence electrons. The minimum absolute atomic E-state index is 0.0133. The largest absolute Gasteiger partial charge is 0.378 e. The zero-order valence-electron chi connectivity index (χ0n) is 12.4. The van der Waals surface area contributed by atoms with E-state index in [1.54, 1.807) is 5.01 Å². The highest BCUT2D eigenvalue weighted by Gasteiger charge is 2.33. The summed E-state index contributed by atoms with van der Waals surface area (Å²) in [6.45, 7) is 6.97. The van der Waals surface area contributed by atoms with Gasteiger partial charge in [0.15, 0.2) is 5.84 Å². The molecule has 0 saturated heterocycles. The standard InChI is InChI=1S/C14H25N5O/c1-3-20-10-13-17-14-12(8-11(2)9-19(14)16)18(13)7-5-4-6-15/h8-9,13H,3-7,10,15-16H2,1-2H3. The summed E-state index contributed by atoms with van der Waals surface area (Å²) < 4.78 is 5.55. The van der Waals surface area contributed by atoms with E-state index in [4.69, 9.17) is 21.3 Å². The van der Waals surface area contributed by atoms with E-state index < -0.39 is 0 Å². The summed E-state index contributed by atoms with van der Waals surface area (Å²) >= 11 is 0. The van der Waals surface area contributed by atoms with Gasteiger partial charge >= 0.3 is 0 Å². The molecule has 20 heavy (non-hydrogen) atoms. The second-order valence-corrected chi connectivity index (χ2v) is 5.09. The van der Waals surface area contributed by atoms with Gasteiger partial charge in [0, 0.05) is 19.4 Å². The number of nitrogens with zero attached hydrogens (tertiary/aromatic N) is 3. The predicted molar refractivity (Wildman–Crippen MR) is 80.6 cm³/mol. The summed E-state index contributed by atoms with van der Waals surface area (Å²) in [6.07, 6.45) is 6.10. The van der Waals surface area contributed by atoms with Crippen LogP contribution in [0, 0.1) is 0 Å². The van der Waals surface area contributed by atoms with Gasteiger partial charge in [0.05, 0.1) is 12.3 Å². The molecule has 0 saturated carbocycles. The molecule has 2 rings (SSSR count). The van der Waals surface area contributed by atoms with E-state index in [-0.39, 0.29) is 6.17 Å². The lowest BCUT2D eigenvalue weighted by Gasteiger charge is -2.29. The Morgan fingerprint density at radius 3 is 2.90 bits per heavy atom. The van der Waals surface area contributed by atoms with Crippen molar-refractivity contribution in [1.82, 2.24) is 9.91 Å². The van der Waals surface area contributed by atoms with Crippen molar-refractivity contribution in [2.24, 2.45) is 16.6 Å². The fourth-order valence-electron chi connectivity index (χ4n) is 2.49. The Morgan fingerprint density at radius 1 is 1.40 bits per heavy atom. The first kappa shape index (κ1) is 15.0. The number of hydrogen-bond acceptors (Lipinski definition) is 6. The first-order chi connectivity index (χ1) is 9.67. The maximum atomic E-state index is 6.02. The highest BCUT2D eigenvalue weighted by Crippen LogP contribution is 2.27. The van der Waals surface area contributed by atoms with E-state index in [1.165, 1.54) is 0 Å². The molecule has 4 N–H and O–H groups in total. The van der Waals surface area contributed by atoms with Gasteiger partial charge in [0.1, 0.15) is 6.17 Å². The number of aliphatic imine (C=N–C) groups is 1. The Bertz CT molecular complexity index is 429. The molecule has 0 radical (unpaired) electrons. The lowest BCUT2D eigenvalue weighted by Crippen LogP contribution is -2.39. The van der Waals surface area contributed by atoms with Crippen LogP contribution in [-0.2, 0) is 4.74 Å². The summed E-state index contributed by atoms with van der Waals surface area (Å²) in [6, 6.07) is 0. The minimum atomic E-state index is 0.0133. The van der Waals surface area contributed by atoms with Crippen LogP contribution in [-0.4, -0.2) is 48.2 Å². The maximum absolute atomic E-state index is 6.02. The van der Waals surface area contributed by atoms with Crippen molar-refractivity contribution < 1.29 is 4.74 Å². The molecule has 2 heterocycles. The third-order valence-electron chi connectivity index (χ3n) is 3.45. The molecule has 6 heteroatoms. The fraction of sp³-hybridized carbons (Fsp3) is 0.643. The topological polar surface area (TPSA) is 80.1 Å². The Hall–Kier alpha value is -1.37. The van der Waals surface area contributed by atoms with Crippen molar-refractivity contribution in [3.8, 4) is 0 Å². The van der Waals surface area contributed by atoms with Crippen LogP contribution in [0.2, 0.25) is 0 Å². The molecule has 0 fully saturated rings. The summed E-state index contributed by atoms with van der Waals surface area (Å²) in [5, 5.41) is 1.60. The van der Waals surface area contributed by atoms with Gasteiger partial charge in [-0.3, -0.25) is 5.01 Å². The van der Waals surface area contributed by atoms with Crippen molar-refractivity contribution in [3.05, 3.63) is 23.5 Å². The molecule has 0 amide bonds. The van der Waals surface area contributed by atoms with Crippen molar-refractivity contribution in [3.63, 3.8) is 0 Å². The number of nitrogens with two attached hydrogens (primary N) is 2. The minimum Gasteiger partial charge on any atom is -0.378 e. The molecule has 2 aliphatic rings. The number of ether oxygens (including phenoxy) is 1. The summed E-state index contributed by atoms with van der Waals surface area (Å²) in [4.78, 5) is 6.97. The Kier molecular flexibility index (Phi) is 5.17. The highest BCUT2D eigenvalue weighted by molar-refractivity contribution is 6.01. The Morgan fingerprint density at radius 2 is 2.20 bits per heavy atom. The molecule has 0 aromatic heterocycles. The molecule has 0 aliphatic carbocycles. The highest BCUT2D eigenvalue weighted by atomic mass is 16.5. The molecule has 0 bridgehead atoms. The average Bonchev–Trinajstić information content (AvgIpc) is 2.75. The first-order valence-corrected chi connectivity index (χ1v) is 7.24. The average molecular weight is 279 g/mol. The number of rotatable bonds is 7. The number of allylic oxidation sites excluding steroid dienone is 2. The van der Waals surface area contributed by atoms with Gasteiger partial charge in [-0.2, -0.15) is 0 Å². The van der Waals surface area contributed by atoms with Crippen LogP contribution in [0.4, 0.5) is 0 Å². The lowest BCUT2D eigenvalue weighted by atomic mass is 10.1. The van der Waals surface area contributed by atoms with Crippen LogP contribution in [0.5, 0.6) is 0 Å². The van der Waals surface area contributed by atoms with Gasteiger partial charge in [-0.25, -0.2) is 10.8 Å². The molecule has 0 aromatic carbocycles.